The second-order valence-electron chi connectivity index (χ2n) is 12.6. The Morgan fingerprint density at radius 1 is 1.02 bits per heavy atom. The molecule has 1 N–H and O–H groups in total. The van der Waals surface area contributed by atoms with Crippen LogP contribution < -0.4 is 4.74 Å². The van der Waals surface area contributed by atoms with Gasteiger partial charge in [-0.2, -0.15) is 0 Å². The molecule has 0 saturated heterocycles. The number of carboxylic acid groups (broad SMARTS) is 1. The van der Waals surface area contributed by atoms with Crippen LogP contribution in [0.5, 0.6) is 5.75 Å². The maximum Gasteiger partial charge on any atom is 0.309 e. The highest BCUT2D eigenvalue weighted by Crippen LogP contribution is 2.44. The normalized spacial score (nSPS) is 12.2. The van der Waals surface area contributed by atoms with Crippen molar-refractivity contribution in [1.29, 1.82) is 0 Å². The van der Waals surface area contributed by atoms with E-state index in [9.17, 15) is 9.90 Å². The van der Waals surface area contributed by atoms with Gasteiger partial charge in [-0.1, -0.05) is 56.3 Å². The van der Waals surface area contributed by atoms with E-state index >= 15 is 0 Å². The van der Waals surface area contributed by atoms with Gasteiger partial charge in [0.05, 0.1) is 16.8 Å². The third kappa shape index (κ3) is 6.80. The number of benzene rings is 2. The van der Waals surface area contributed by atoms with E-state index in [0.29, 0.717) is 19.6 Å². The number of carbonyl (C=O) groups is 1. The van der Waals surface area contributed by atoms with E-state index < -0.39 is 11.4 Å². The lowest BCUT2D eigenvalue weighted by molar-refractivity contribution is -0.146. The molecule has 0 unspecified atom stereocenters. The standard InChI is InChI=1S/C35H39N3O4S/c1-22-31(23(2)42-37-22)25-13-11-24(12-14-25)20-38-29-16-15-27(41-21-26-10-8-9-17-36-26)18-28(29)32(43-34(3,4)5)30(38)19-35(6,7)33(39)40/h8-18H,19-21H2,1-7H3,(H,39,40). The highest BCUT2D eigenvalue weighted by Gasteiger charge is 2.33. The molecule has 0 fully saturated rings. The molecule has 5 aromatic rings. The summed E-state index contributed by atoms with van der Waals surface area (Å²) in [4.78, 5) is 17.8. The largest absolute Gasteiger partial charge is 0.487 e. The summed E-state index contributed by atoms with van der Waals surface area (Å²) in [6.07, 6.45) is 2.15. The van der Waals surface area contributed by atoms with E-state index in [4.69, 9.17) is 9.26 Å². The van der Waals surface area contributed by atoms with Gasteiger partial charge in [-0.25, -0.2) is 0 Å². The lowest BCUT2D eigenvalue weighted by Crippen LogP contribution is -2.28. The zero-order valence-electron chi connectivity index (χ0n) is 25.9. The molecule has 8 heteroatoms. The van der Waals surface area contributed by atoms with Crippen molar-refractivity contribution in [2.75, 3.05) is 0 Å². The van der Waals surface area contributed by atoms with E-state index in [1.165, 1.54) is 0 Å². The molecule has 0 bridgehead atoms. The topological polar surface area (TPSA) is 90.4 Å². The molecule has 0 atom stereocenters. The molecule has 0 amide bonds. The van der Waals surface area contributed by atoms with Crippen molar-refractivity contribution in [3.63, 3.8) is 0 Å². The van der Waals surface area contributed by atoms with Gasteiger partial charge in [0.1, 0.15) is 18.1 Å². The fourth-order valence-corrected chi connectivity index (χ4v) is 6.40. The van der Waals surface area contributed by atoms with Crippen LogP contribution in [0.25, 0.3) is 22.0 Å². The fourth-order valence-electron chi connectivity index (χ4n) is 5.21. The predicted octanol–water partition coefficient (Wildman–Crippen LogP) is 8.48. The molecule has 43 heavy (non-hydrogen) atoms. The highest BCUT2D eigenvalue weighted by molar-refractivity contribution is 8.00. The summed E-state index contributed by atoms with van der Waals surface area (Å²) in [6, 6.07) is 20.4. The van der Waals surface area contributed by atoms with Crippen molar-refractivity contribution >= 4 is 28.6 Å². The monoisotopic (exact) mass is 597 g/mol. The average Bonchev–Trinajstić information content (AvgIpc) is 3.42. The van der Waals surface area contributed by atoms with Crippen molar-refractivity contribution in [3.05, 3.63) is 95.3 Å². The second-order valence-corrected chi connectivity index (χ2v) is 14.5. The minimum atomic E-state index is -0.954. The average molecular weight is 598 g/mol. The number of rotatable bonds is 10. The quantitative estimate of drug-likeness (QED) is 0.161. The molecule has 0 radical (unpaired) electrons. The van der Waals surface area contributed by atoms with Gasteiger partial charge in [-0.15, -0.1) is 11.8 Å². The van der Waals surface area contributed by atoms with Crippen LogP contribution in [0, 0.1) is 19.3 Å². The number of ether oxygens (including phenoxy) is 1. The molecule has 0 aliphatic heterocycles. The van der Waals surface area contributed by atoms with Crippen LogP contribution in [-0.2, 0) is 24.4 Å². The van der Waals surface area contributed by atoms with Gasteiger partial charge in [0.2, 0.25) is 0 Å². The number of pyridine rings is 1. The first-order valence-electron chi connectivity index (χ1n) is 14.4. The molecule has 3 aromatic heterocycles. The number of fused-ring (bicyclic) bond motifs is 1. The van der Waals surface area contributed by atoms with E-state index in [2.05, 4.69) is 71.9 Å². The Bertz CT molecular complexity index is 1730. The fraction of sp³-hybridized carbons (Fsp3) is 0.343. The van der Waals surface area contributed by atoms with Crippen LogP contribution in [0.1, 0.15) is 63.0 Å². The van der Waals surface area contributed by atoms with Gasteiger partial charge < -0.3 is 18.9 Å². The first kappa shape index (κ1) is 30.4. The summed E-state index contributed by atoms with van der Waals surface area (Å²) < 4.78 is 13.7. The first-order chi connectivity index (χ1) is 20.3. The number of aryl methyl sites for hydroxylation is 2. The van der Waals surface area contributed by atoms with Crippen LogP contribution in [0.4, 0.5) is 0 Å². The van der Waals surface area contributed by atoms with Gasteiger partial charge in [0.15, 0.2) is 0 Å². The van der Waals surface area contributed by atoms with E-state index in [-0.39, 0.29) is 4.75 Å². The van der Waals surface area contributed by atoms with Crippen LogP contribution in [0.3, 0.4) is 0 Å². The molecule has 5 rings (SSSR count). The lowest BCUT2D eigenvalue weighted by atomic mass is 9.88. The molecule has 0 spiro atoms. The minimum absolute atomic E-state index is 0.0952. The maximum absolute atomic E-state index is 12.3. The Balaban J connectivity index is 1.60. The zero-order chi connectivity index (χ0) is 30.9. The third-order valence-electron chi connectivity index (χ3n) is 7.42. The Morgan fingerprint density at radius 2 is 1.77 bits per heavy atom. The predicted molar refractivity (Wildman–Crippen MR) is 172 cm³/mol. The summed E-state index contributed by atoms with van der Waals surface area (Å²) in [5.41, 5.74) is 6.02. The number of hydrogen-bond acceptors (Lipinski definition) is 6. The Kier molecular flexibility index (Phi) is 8.43. The van der Waals surface area contributed by atoms with Crippen molar-refractivity contribution in [3.8, 4) is 16.9 Å². The molecule has 0 saturated carbocycles. The molecule has 3 heterocycles. The lowest BCUT2D eigenvalue weighted by Gasteiger charge is -2.24. The summed E-state index contributed by atoms with van der Waals surface area (Å²) in [5, 5.41) is 15.3. The van der Waals surface area contributed by atoms with Crippen LogP contribution >= 0.6 is 11.8 Å². The first-order valence-corrected chi connectivity index (χ1v) is 15.3. The van der Waals surface area contributed by atoms with E-state index in [0.717, 1.165) is 61.1 Å². The summed E-state index contributed by atoms with van der Waals surface area (Å²) in [5.74, 6) is 0.725. The van der Waals surface area contributed by atoms with Crippen molar-refractivity contribution < 1.29 is 19.2 Å². The molecule has 7 nitrogen and oxygen atoms in total. The molecule has 0 aliphatic rings. The molecule has 224 valence electrons. The number of carboxylic acids is 1. The molecular formula is C35H39N3O4S. The summed E-state index contributed by atoms with van der Waals surface area (Å²) >= 11 is 1.77. The molecule has 2 aromatic carbocycles. The van der Waals surface area contributed by atoms with Gasteiger partial charge in [0, 0.05) is 51.0 Å². The van der Waals surface area contributed by atoms with Crippen LogP contribution in [0.15, 0.2) is 76.3 Å². The van der Waals surface area contributed by atoms with Crippen LogP contribution in [0.2, 0.25) is 0 Å². The van der Waals surface area contributed by atoms with Crippen molar-refractivity contribution in [2.45, 2.75) is 77.7 Å². The Hall–Kier alpha value is -4.04. The van der Waals surface area contributed by atoms with Crippen molar-refractivity contribution in [1.82, 2.24) is 14.7 Å². The number of hydrogen-bond donors (Lipinski definition) is 1. The maximum atomic E-state index is 12.3. The third-order valence-corrected chi connectivity index (χ3v) is 8.69. The highest BCUT2D eigenvalue weighted by atomic mass is 32.2. The Morgan fingerprint density at radius 3 is 2.37 bits per heavy atom. The SMILES string of the molecule is Cc1noc(C)c1-c1ccc(Cn2c(CC(C)(C)C(=O)O)c(SC(C)(C)C)c3cc(OCc4ccccn4)ccc32)cc1. The van der Waals surface area contributed by atoms with Gasteiger partial charge in [0.25, 0.3) is 0 Å². The number of nitrogens with zero attached hydrogens (tertiary/aromatic N) is 3. The van der Waals surface area contributed by atoms with Gasteiger partial charge in [-0.3, -0.25) is 9.78 Å². The summed E-state index contributed by atoms with van der Waals surface area (Å²) in [7, 11) is 0. The van der Waals surface area contributed by atoms with E-state index in [1.807, 2.05) is 38.1 Å². The van der Waals surface area contributed by atoms with Gasteiger partial charge in [-0.05, 0) is 69.2 Å². The van der Waals surface area contributed by atoms with Crippen molar-refractivity contribution in [2.24, 2.45) is 5.41 Å². The van der Waals surface area contributed by atoms with Gasteiger partial charge >= 0.3 is 5.97 Å². The van der Waals surface area contributed by atoms with Crippen LogP contribution in [-0.4, -0.2) is 30.5 Å². The molecular weight excluding hydrogens is 558 g/mol. The summed E-state index contributed by atoms with van der Waals surface area (Å²) in [6.45, 7) is 15.0. The number of aliphatic carboxylic acids is 1. The minimum Gasteiger partial charge on any atom is -0.487 e. The smallest absolute Gasteiger partial charge is 0.309 e. The Labute approximate surface area is 257 Å². The molecule has 0 aliphatic carbocycles. The number of aromatic nitrogens is 3. The number of thioether (sulfide) groups is 1. The second kappa shape index (κ2) is 11.9. The van der Waals surface area contributed by atoms with E-state index in [1.54, 1.807) is 31.8 Å². The zero-order valence-corrected chi connectivity index (χ0v) is 26.7.